The summed E-state index contributed by atoms with van der Waals surface area (Å²) in [5, 5.41) is 2.19. The number of halogens is 1. The van der Waals surface area contributed by atoms with Crippen molar-refractivity contribution in [3.05, 3.63) is 21.9 Å². The summed E-state index contributed by atoms with van der Waals surface area (Å²) in [6.45, 7) is 3.00. The highest BCUT2D eigenvalue weighted by Crippen LogP contribution is 2.21. The Morgan fingerprint density at radius 2 is 2.06 bits per heavy atom. The van der Waals surface area contributed by atoms with Gasteiger partial charge in [0.2, 0.25) is 5.12 Å². The fraction of sp³-hybridized carbons (Fsp3) is 0.545. The van der Waals surface area contributed by atoms with Crippen LogP contribution in [0.15, 0.2) is 11.4 Å². The summed E-state index contributed by atoms with van der Waals surface area (Å²) in [6, 6.07) is 2.00. The maximum Gasteiger partial charge on any atom is 0.229 e. The van der Waals surface area contributed by atoms with Gasteiger partial charge in [-0.25, -0.2) is 0 Å². The van der Waals surface area contributed by atoms with Gasteiger partial charge in [0.25, 0.3) is 0 Å². The molecule has 2 nitrogen and oxygen atoms in total. The first-order valence-corrected chi connectivity index (χ1v) is 6.78. The molecule has 0 bridgehead atoms. The van der Waals surface area contributed by atoms with Crippen molar-refractivity contribution < 1.29 is 33.3 Å². The van der Waals surface area contributed by atoms with E-state index in [2.05, 4.69) is 21.1 Å². The molecule has 0 aliphatic heterocycles. The van der Waals surface area contributed by atoms with E-state index in [1.54, 1.807) is 11.3 Å². The van der Waals surface area contributed by atoms with Crippen molar-refractivity contribution in [1.82, 2.24) is 0 Å². The molecule has 16 heavy (non-hydrogen) atoms. The molecule has 1 aromatic rings. The van der Waals surface area contributed by atoms with Crippen molar-refractivity contribution in [3.63, 3.8) is 0 Å². The predicted molar refractivity (Wildman–Crippen MR) is 68.7 cm³/mol. The van der Waals surface area contributed by atoms with Crippen LogP contribution in [0, 0.1) is 6.92 Å². The zero-order chi connectivity index (χ0) is 11.5. The number of thiophene rings is 1. The van der Waals surface area contributed by atoms with E-state index in [4.69, 9.17) is 0 Å². The molecule has 5 heteroatoms. The molecule has 0 fully saturated rings. The lowest BCUT2D eigenvalue weighted by Gasteiger charge is -2.23. The number of carbonyl (C=O) groups is 1. The van der Waals surface area contributed by atoms with E-state index in [-0.39, 0.29) is 29.1 Å². The zero-order valence-corrected chi connectivity index (χ0v) is 13.9. The van der Waals surface area contributed by atoms with Crippen LogP contribution in [0.5, 0.6) is 0 Å². The topological polar surface area (TPSA) is 17.1 Å². The number of hydrogen-bond donors (Lipinski definition) is 0. The Kier molecular flexibility index (Phi) is 7.16. The van der Waals surface area contributed by atoms with E-state index < -0.39 is 0 Å². The zero-order valence-electron chi connectivity index (χ0n) is 10.1. The van der Waals surface area contributed by atoms with Gasteiger partial charge in [0.15, 0.2) is 0 Å². The summed E-state index contributed by atoms with van der Waals surface area (Å²) in [5.74, 6) is 0.889. The number of hydrogen-bond acceptors (Lipinski definition) is 3. The van der Waals surface area contributed by atoms with Crippen molar-refractivity contribution in [2.24, 2.45) is 0 Å². The third kappa shape index (κ3) is 5.65. The van der Waals surface area contributed by atoms with E-state index >= 15 is 0 Å². The molecule has 0 amide bonds. The molecule has 1 rings (SSSR count). The molecule has 1 heterocycles. The molecular weight excluding hydrogens is 353 g/mol. The molecule has 0 saturated carbocycles. The monoisotopic (exact) mass is 371 g/mol. The second kappa shape index (κ2) is 6.98. The third-order valence-corrected chi connectivity index (χ3v) is 4.04. The van der Waals surface area contributed by atoms with Crippen molar-refractivity contribution in [1.29, 1.82) is 0 Å². The largest absolute Gasteiger partial charge is 1.00 e. The summed E-state index contributed by atoms with van der Waals surface area (Å²) < 4.78 is 0.906. The fourth-order valence-electron chi connectivity index (χ4n) is 1.06. The van der Waals surface area contributed by atoms with Crippen LogP contribution in [0.3, 0.4) is 0 Å². The number of aryl methyl sites for hydroxylation is 1. The molecule has 0 aliphatic rings. The molecule has 92 valence electrons. The van der Waals surface area contributed by atoms with E-state index in [0.717, 1.165) is 27.2 Å². The first-order valence-electron chi connectivity index (χ1n) is 4.92. The van der Waals surface area contributed by atoms with Gasteiger partial charge in [-0.05, 0) is 23.9 Å². The Morgan fingerprint density at radius 1 is 1.44 bits per heavy atom. The van der Waals surface area contributed by atoms with E-state index in [9.17, 15) is 4.79 Å². The van der Waals surface area contributed by atoms with Crippen LogP contribution < -0.4 is 24.0 Å². The van der Waals surface area contributed by atoms with Gasteiger partial charge in [0.05, 0.1) is 38.3 Å². The molecule has 0 N–H and O–H groups in total. The second-order valence-electron chi connectivity index (χ2n) is 4.58. The van der Waals surface area contributed by atoms with Crippen LogP contribution in [0.4, 0.5) is 0 Å². The smallest absolute Gasteiger partial charge is 0.229 e. The van der Waals surface area contributed by atoms with Crippen molar-refractivity contribution in [2.75, 3.05) is 33.4 Å². The van der Waals surface area contributed by atoms with Gasteiger partial charge in [-0.3, -0.25) is 4.79 Å². The van der Waals surface area contributed by atoms with Gasteiger partial charge in [-0.2, -0.15) is 0 Å². The van der Waals surface area contributed by atoms with Gasteiger partial charge in [-0.15, -0.1) is 11.3 Å². The van der Waals surface area contributed by atoms with Gasteiger partial charge < -0.3 is 28.5 Å². The van der Waals surface area contributed by atoms with Crippen LogP contribution in [0.1, 0.15) is 15.2 Å². The van der Waals surface area contributed by atoms with Crippen LogP contribution in [0.2, 0.25) is 0 Å². The Morgan fingerprint density at radius 3 is 2.50 bits per heavy atom. The molecule has 0 aliphatic carbocycles. The van der Waals surface area contributed by atoms with Gasteiger partial charge in [0.1, 0.15) is 0 Å². The van der Waals surface area contributed by atoms with E-state index in [0.29, 0.717) is 0 Å². The van der Waals surface area contributed by atoms with Crippen molar-refractivity contribution in [2.45, 2.75) is 6.92 Å². The van der Waals surface area contributed by atoms with Gasteiger partial charge in [0, 0.05) is 0 Å². The first-order chi connectivity index (χ1) is 6.90. The van der Waals surface area contributed by atoms with E-state index in [1.807, 2.05) is 18.4 Å². The lowest BCUT2D eigenvalue weighted by atomic mass is 10.3. The van der Waals surface area contributed by atoms with Crippen LogP contribution in [-0.2, 0) is 0 Å². The van der Waals surface area contributed by atoms with Crippen LogP contribution in [0.25, 0.3) is 0 Å². The van der Waals surface area contributed by atoms with Crippen LogP contribution in [-0.4, -0.2) is 43.0 Å². The Labute approximate surface area is 123 Å². The fourth-order valence-corrected chi connectivity index (χ4v) is 3.26. The number of thioether (sulfide) groups is 1. The van der Waals surface area contributed by atoms with Gasteiger partial charge in [-0.1, -0.05) is 11.8 Å². The number of quaternary nitrogens is 1. The standard InChI is InChI=1S/C11H18NOS2.HI/c1-9-5-7-14-10(9)11(13)15-8-6-12(2,3)4;/h5,7H,6,8H2,1-4H3;1H/q+1;/p-1. The molecular formula is C11H18INOS2. The molecule has 1 aromatic heterocycles. The number of rotatable bonds is 4. The molecule has 0 saturated heterocycles. The summed E-state index contributed by atoms with van der Waals surface area (Å²) in [6.07, 6.45) is 0. The van der Waals surface area contributed by atoms with Crippen molar-refractivity contribution >= 4 is 28.2 Å². The highest BCUT2D eigenvalue weighted by atomic mass is 127. The minimum Gasteiger partial charge on any atom is -1.00 e. The average Bonchev–Trinajstić information content (AvgIpc) is 2.48. The highest BCUT2D eigenvalue weighted by Gasteiger charge is 2.13. The average molecular weight is 371 g/mol. The summed E-state index contributed by atoms with van der Waals surface area (Å²) in [5.41, 5.74) is 1.10. The minimum atomic E-state index is 0. The normalized spacial score (nSPS) is 11.0. The number of nitrogens with zero attached hydrogens (tertiary/aromatic N) is 1. The SMILES string of the molecule is Cc1ccsc1C(=O)SCC[N+](C)(C)C.[I-]. The Balaban J connectivity index is 0.00000225. The van der Waals surface area contributed by atoms with Crippen LogP contribution >= 0.6 is 23.1 Å². The third-order valence-electron chi connectivity index (χ3n) is 2.04. The molecule has 0 radical (unpaired) electrons. The predicted octanol–water partition coefficient (Wildman–Crippen LogP) is -0.360. The molecule has 0 atom stereocenters. The summed E-state index contributed by atoms with van der Waals surface area (Å²) >= 11 is 2.97. The summed E-state index contributed by atoms with van der Waals surface area (Å²) in [4.78, 5) is 12.7. The molecule has 0 aromatic carbocycles. The Hall–Kier alpha value is 0.410. The quantitative estimate of drug-likeness (QED) is 0.531. The van der Waals surface area contributed by atoms with Crippen molar-refractivity contribution in [3.8, 4) is 0 Å². The maximum absolute atomic E-state index is 11.8. The lowest BCUT2D eigenvalue weighted by Crippen LogP contribution is -3.00. The number of carbonyl (C=O) groups excluding carboxylic acids is 1. The first kappa shape index (κ1) is 16.4. The lowest BCUT2D eigenvalue weighted by molar-refractivity contribution is -0.867. The summed E-state index contributed by atoms with van der Waals surface area (Å²) in [7, 11) is 6.42. The maximum atomic E-state index is 11.8. The minimum absolute atomic E-state index is 0. The second-order valence-corrected chi connectivity index (χ2v) is 6.57. The van der Waals surface area contributed by atoms with Gasteiger partial charge >= 0.3 is 0 Å². The molecule has 0 spiro atoms. The Bertz CT molecular complexity index is 344. The highest BCUT2D eigenvalue weighted by molar-refractivity contribution is 8.14. The van der Waals surface area contributed by atoms with E-state index in [1.165, 1.54) is 11.8 Å². The molecule has 0 unspecified atom stereocenters.